The Kier molecular flexibility index (Phi) is 4.98. The first-order valence-electron chi connectivity index (χ1n) is 8.30. The average molecular weight is 366 g/mol. The Hall–Kier alpha value is -3.55. The van der Waals surface area contributed by atoms with Gasteiger partial charge >= 0.3 is 5.97 Å². The highest BCUT2D eigenvalue weighted by molar-refractivity contribution is 6.05. The van der Waals surface area contributed by atoms with Crippen LogP contribution in [0.1, 0.15) is 40.4 Å². The number of esters is 1. The van der Waals surface area contributed by atoms with Crippen LogP contribution in [-0.2, 0) is 9.53 Å². The van der Waals surface area contributed by atoms with E-state index in [1.807, 2.05) is 0 Å². The normalized spacial score (nSPS) is 11.8. The maximum atomic E-state index is 12.4. The van der Waals surface area contributed by atoms with Crippen molar-refractivity contribution in [2.45, 2.75) is 26.9 Å². The predicted octanol–water partition coefficient (Wildman–Crippen LogP) is 2.42. The minimum Gasteiger partial charge on any atom is -0.449 e. The number of pyridine rings is 1. The number of fused-ring (bicyclic) bond motifs is 1. The van der Waals surface area contributed by atoms with Gasteiger partial charge in [0.2, 0.25) is 0 Å². The fraction of sp³-hybridized carbons (Fsp3) is 0.211. The molecule has 1 atom stereocenters. The van der Waals surface area contributed by atoms with Crippen LogP contribution in [-0.4, -0.2) is 38.4 Å². The zero-order valence-electron chi connectivity index (χ0n) is 15.1. The third kappa shape index (κ3) is 3.84. The number of nitrogens with zero attached hydrogens (tertiary/aromatic N) is 3. The molecule has 0 aliphatic carbocycles. The van der Waals surface area contributed by atoms with Crippen molar-refractivity contribution in [3.8, 4) is 0 Å². The van der Waals surface area contributed by atoms with Crippen LogP contribution < -0.4 is 5.32 Å². The number of nitrogens with one attached hydrogen (secondary N) is 1. The molecule has 0 spiro atoms. The lowest BCUT2D eigenvalue weighted by molar-refractivity contribution is -0.123. The van der Waals surface area contributed by atoms with E-state index < -0.39 is 18.0 Å². The number of ether oxygens (including phenoxy) is 1. The fourth-order valence-corrected chi connectivity index (χ4v) is 2.54. The quantitative estimate of drug-likeness (QED) is 0.549. The molecule has 3 rings (SSSR count). The van der Waals surface area contributed by atoms with Crippen LogP contribution in [0.25, 0.3) is 5.65 Å². The molecule has 138 valence electrons. The Balaban J connectivity index is 1.71. The van der Waals surface area contributed by atoms with Gasteiger partial charge in [-0.2, -0.15) is 0 Å². The lowest BCUT2D eigenvalue weighted by Crippen LogP contribution is -2.30. The topological polar surface area (TPSA) is 103 Å². The minimum absolute atomic E-state index is 0.173. The highest BCUT2D eigenvalue weighted by Gasteiger charge is 2.21. The van der Waals surface area contributed by atoms with Crippen molar-refractivity contribution in [1.82, 2.24) is 14.6 Å². The van der Waals surface area contributed by atoms with Crippen LogP contribution in [0.5, 0.6) is 0 Å². The maximum absolute atomic E-state index is 12.4. The molecule has 1 N–H and O–H groups in total. The molecule has 0 saturated heterocycles. The van der Waals surface area contributed by atoms with Crippen molar-refractivity contribution >= 4 is 29.0 Å². The van der Waals surface area contributed by atoms with E-state index in [-0.39, 0.29) is 11.3 Å². The predicted molar refractivity (Wildman–Crippen MR) is 97.7 cm³/mol. The number of Topliss-reactive ketones (excluding diaryl/α,β-unsaturated/α-hetero) is 1. The summed E-state index contributed by atoms with van der Waals surface area (Å²) in [7, 11) is 0. The lowest BCUT2D eigenvalue weighted by atomic mass is 10.1. The zero-order chi connectivity index (χ0) is 19.6. The number of hydrogen-bond acceptors (Lipinski definition) is 6. The maximum Gasteiger partial charge on any atom is 0.340 e. The zero-order valence-corrected chi connectivity index (χ0v) is 15.1. The summed E-state index contributed by atoms with van der Waals surface area (Å²) in [5.41, 5.74) is 1.64. The van der Waals surface area contributed by atoms with E-state index in [1.54, 1.807) is 53.9 Å². The monoisotopic (exact) mass is 366 g/mol. The molecule has 8 heteroatoms. The lowest BCUT2D eigenvalue weighted by Gasteiger charge is -2.15. The molecule has 1 amide bonds. The van der Waals surface area contributed by atoms with Gasteiger partial charge in [-0.15, -0.1) is 10.2 Å². The van der Waals surface area contributed by atoms with Gasteiger partial charge in [0.25, 0.3) is 5.91 Å². The SMILES string of the molecule is CC(=O)c1ccccc1NC(=O)C(C)OC(=O)c1ccc2nnc(C)n2c1. The fourth-order valence-electron chi connectivity index (χ4n) is 2.54. The summed E-state index contributed by atoms with van der Waals surface area (Å²) >= 11 is 0. The van der Waals surface area contributed by atoms with E-state index in [2.05, 4.69) is 15.5 Å². The molecule has 1 unspecified atom stereocenters. The highest BCUT2D eigenvalue weighted by Crippen LogP contribution is 2.16. The molecule has 2 aromatic heterocycles. The number of anilines is 1. The van der Waals surface area contributed by atoms with Gasteiger partial charge in [0, 0.05) is 11.8 Å². The van der Waals surface area contributed by atoms with E-state index in [0.29, 0.717) is 22.7 Å². The van der Waals surface area contributed by atoms with Crippen molar-refractivity contribution in [1.29, 1.82) is 0 Å². The summed E-state index contributed by atoms with van der Waals surface area (Å²) in [5.74, 6) is -0.717. The first kappa shape index (κ1) is 18.2. The molecule has 1 aromatic carbocycles. The van der Waals surface area contributed by atoms with Gasteiger partial charge in [-0.3, -0.25) is 14.0 Å². The van der Waals surface area contributed by atoms with Gasteiger partial charge in [-0.1, -0.05) is 12.1 Å². The second-order valence-electron chi connectivity index (χ2n) is 6.03. The van der Waals surface area contributed by atoms with Crippen molar-refractivity contribution in [3.63, 3.8) is 0 Å². The Morgan fingerprint density at radius 3 is 2.59 bits per heavy atom. The number of carbonyl (C=O) groups is 3. The molecule has 0 saturated carbocycles. The second-order valence-corrected chi connectivity index (χ2v) is 6.03. The number of rotatable bonds is 5. The first-order valence-corrected chi connectivity index (χ1v) is 8.30. The minimum atomic E-state index is -1.05. The highest BCUT2D eigenvalue weighted by atomic mass is 16.5. The Labute approximate surface area is 155 Å². The molecule has 0 aliphatic heterocycles. The number of amides is 1. The standard InChI is InChI=1S/C19H18N4O4/c1-11(24)15-6-4-5-7-16(15)20-18(25)12(2)27-19(26)14-8-9-17-22-21-13(3)23(17)10-14/h4-10,12H,1-3H3,(H,20,25). The Bertz CT molecular complexity index is 1040. The molecule has 2 heterocycles. The second kappa shape index (κ2) is 7.36. The van der Waals surface area contributed by atoms with E-state index in [4.69, 9.17) is 4.74 Å². The van der Waals surface area contributed by atoms with E-state index >= 15 is 0 Å². The summed E-state index contributed by atoms with van der Waals surface area (Å²) in [6, 6.07) is 9.84. The first-order chi connectivity index (χ1) is 12.9. The molecule has 3 aromatic rings. The number of ketones is 1. The van der Waals surface area contributed by atoms with Gasteiger partial charge in [-0.25, -0.2) is 4.79 Å². The Morgan fingerprint density at radius 2 is 1.85 bits per heavy atom. The van der Waals surface area contributed by atoms with Crippen LogP contribution in [0, 0.1) is 6.92 Å². The third-order valence-electron chi connectivity index (χ3n) is 4.03. The van der Waals surface area contributed by atoms with Crippen LogP contribution in [0.15, 0.2) is 42.6 Å². The van der Waals surface area contributed by atoms with E-state index in [0.717, 1.165) is 0 Å². The molecule has 0 radical (unpaired) electrons. The van der Waals surface area contributed by atoms with E-state index in [9.17, 15) is 14.4 Å². The molecule has 27 heavy (non-hydrogen) atoms. The number of aryl methyl sites for hydroxylation is 1. The summed E-state index contributed by atoms with van der Waals surface area (Å²) in [5, 5.41) is 10.5. The largest absolute Gasteiger partial charge is 0.449 e. The van der Waals surface area contributed by atoms with Crippen molar-refractivity contribution in [2.24, 2.45) is 0 Å². The number of benzene rings is 1. The van der Waals surface area contributed by atoms with Gasteiger partial charge in [-0.05, 0) is 45.0 Å². The van der Waals surface area contributed by atoms with Gasteiger partial charge < -0.3 is 10.1 Å². The van der Waals surface area contributed by atoms with Crippen LogP contribution in [0.4, 0.5) is 5.69 Å². The van der Waals surface area contributed by atoms with Crippen LogP contribution >= 0.6 is 0 Å². The summed E-state index contributed by atoms with van der Waals surface area (Å²) in [4.78, 5) is 36.4. The van der Waals surface area contributed by atoms with Crippen LogP contribution in [0.3, 0.4) is 0 Å². The number of hydrogen-bond donors (Lipinski definition) is 1. The molecule has 0 aliphatic rings. The van der Waals surface area contributed by atoms with Crippen LogP contribution in [0.2, 0.25) is 0 Å². The van der Waals surface area contributed by atoms with Crippen molar-refractivity contribution in [3.05, 3.63) is 59.5 Å². The van der Waals surface area contributed by atoms with Crippen molar-refractivity contribution < 1.29 is 19.1 Å². The number of carbonyl (C=O) groups excluding carboxylic acids is 3. The summed E-state index contributed by atoms with van der Waals surface area (Å²) in [6.07, 6.45) is 0.512. The smallest absolute Gasteiger partial charge is 0.340 e. The molecule has 0 fully saturated rings. The summed E-state index contributed by atoms with van der Waals surface area (Å²) in [6.45, 7) is 4.64. The third-order valence-corrected chi connectivity index (χ3v) is 4.03. The average Bonchev–Trinajstić information content (AvgIpc) is 3.02. The van der Waals surface area contributed by atoms with Gasteiger partial charge in [0.05, 0.1) is 11.3 Å². The van der Waals surface area contributed by atoms with E-state index in [1.165, 1.54) is 13.8 Å². The number of aromatic nitrogens is 3. The van der Waals surface area contributed by atoms with Gasteiger partial charge in [0.1, 0.15) is 5.82 Å². The molecular formula is C19H18N4O4. The van der Waals surface area contributed by atoms with Gasteiger partial charge in [0.15, 0.2) is 17.5 Å². The summed E-state index contributed by atoms with van der Waals surface area (Å²) < 4.78 is 6.90. The molecule has 8 nitrogen and oxygen atoms in total. The molecule has 0 bridgehead atoms. The Morgan fingerprint density at radius 1 is 1.11 bits per heavy atom. The molecular weight excluding hydrogens is 348 g/mol. The number of para-hydroxylation sites is 1. The van der Waals surface area contributed by atoms with Crippen molar-refractivity contribution in [2.75, 3.05) is 5.32 Å².